The van der Waals surface area contributed by atoms with Crippen molar-refractivity contribution in [1.82, 2.24) is 10.2 Å². The van der Waals surface area contributed by atoms with Crippen LogP contribution in [0, 0.1) is 5.51 Å². The van der Waals surface area contributed by atoms with Gasteiger partial charge >= 0.3 is 0 Å². The largest absolute Gasteiger partial charge is 0.243 e. The zero-order valence-corrected chi connectivity index (χ0v) is 4.47. The number of aliphatic imine (C=N–C) groups is 1. The molecule has 0 N–H and O–H groups in total. The zero-order chi connectivity index (χ0) is 5.82. The normalized spacial score (nSPS) is 8.00. The van der Waals surface area contributed by atoms with E-state index < -0.39 is 0 Å². The molecule has 0 aliphatic carbocycles. The second kappa shape index (κ2) is 2.30. The molecule has 0 aromatic carbocycles. The molecule has 0 saturated heterocycles. The second-order valence-electron chi connectivity index (χ2n) is 0.879. The lowest BCUT2D eigenvalue weighted by Gasteiger charge is -1.64. The maximum atomic E-state index is 9.51. The van der Waals surface area contributed by atoms with E-state index in [-0.39, 0.29) is 0 Å². The van der Waals surface area contributed by atoms with Crippen LogP contribution in [0.3, 0.4) is 0 Å². The first-order chi connectivity index (χ1) is 3.93. The van der Waals surface area contributed by atoms with E-state index in [4.69, 9.17) is 0 Å². The molecule has 1 aromatic heterocycles. The summed E-state index contributed by atoms with van der Waals surface area (Å²) in [6.07, 6.45) is 1.33. The Labute approximate surface area is 48.9 Å². The standard InChI is InChI=1S/C3N3OS/c7-1-4-3-6-5-2-8-3. The Morgan fingerprint density at radius 2 is 2.75 bits per heavy atom. The van der Waals surface area contributed by atoms with Gasteiger partial charge < -0.3 is 0 Å². The molecule has 1 aromatic rings. The molecular formula is C3N3OS. The summed E-state index contributed by atoms with van der Waals surface area (Å²) in [6.45, 7) is 0. The first-order valence-corrected chi connectivity index (χ1v) is 2.52. The van der Waals surface area contributed by atoms with Gasteiger partial charge in [0, 0.05) is 0 Å². The van der Waals surface area contributed by atoms with Gasteiger partial charge in [-0.05, 0) is 0 Å². The van der Waals surface area contributed by atoms with E-state index in [9.17, 15) is 4.79 Å². The first kappa shape index (κ1) is 5.08. The molecule has 39 valence electrons. The Bertz CT molecular complexity index is 200. The lowest BCUT2D eigenvalue weighted by molar-refractivity contribution is 0.565. The fourth-order valence-corrected chi connectivity index (χ4v) is 0.557. The van der Waals surface area contributed by atoms with Crippen LogP contribution in [0.2, 0.25) is 0 Å². The van der Waals surface area contributed by atoms with Gasteiger partial charge in [0.05, 0.1) is 0 Å². The highest BCUT2D eigenvalue weighted by molar-refractivity contribution is 7.12. The fourth-order valence-electron chi connectivity index (χ4n) is 0.229. The van der Waals surface area contributed by atoms with Crippen molar-refractivity contribution in [1.29, 1.82) is 0 Å². The van der Waals surface area contributed by atoms with Gasteiger partial charge in [0.1, 0.15) is 0 Å². The average Bonchev–Trinajstić information content (AvgIpc) is 2.19. The van der Waals surface area contributed by atoms with E-state index in [0.717, 1.165) is 11.3 Å². The molecule has 0 unspecified atom stereocenters. The smallest absolute Gasteiger partial charge is 0.211 e. The minimum Gasteiger partial charge on any atom is -0.211 e. The maximum Gasteiger partial charge on any atom is 0.243 e. The van der Waals surface area contributed by atoms with Crippen molar-refractivity contribution in [3.05, 3.63) is 5.51 Å². The lowest BCUT2D eigenvalue weighted by atomic mass is 11.2. The highest BCUT2D eigenvalue weighted by atomic mass is 32.1. The first-order valence-electron chi connectivity index (χ1n) is 1.71. The van der Waals surface area contributed by atoms with Crippen LogP contribution in [-0.4, -0.2) is 16.3 Å². The summed E-state index contributed by atoms with van der Waals surface area (Å²) in [5.74, 6) is 0. The van der Waals surface area contributed by atoms with Crippen molar-refractivity contribution in [3.8, 4) is 0 Å². The Morgan fingerprint density at radius 3 is 3.25 bits per heavy atom. The molecule has 0 saturated carbocycles. The van der Waals surface area contributed by atoms with Crippen LogP contribution in [0.1, 0.15) is 0 Å². The van der Waals surface area contributed by atoms with Gasteiger partial charge in [-0.2, -0.15) is 0 Å². The molecule has 1 radical (unpaired) electrons. The summed E-state index contributed by atoms with van der Waals surface area (Å²) in [5, 5.41) is 6.99. The van der Waals surface area contributed by atoms with Gasteiger partial charge in [-0.1, -0.05) is 11.3 Å². The summed E-state index contributed by atoms with van der Waals surface area (Å²) in [5.41, 5.74) is 2.42. The van der Waals surface area contributed by atoms with Gasteiger partial charge in [-0.15, -0.1) is 15.2 Å². The summed E-state index contributed by atoms with van der Waals surface area (Å²) in [4.78, 5) is 12.7. The molecule has 4 nitrogen and oxygen atoms in total. The number of isocyanates is 1. The van der Waals surface area contributed by atoms with Gasteiger partial charge in [-0.25, -0.2) is 4.79 Å². The third-order valence-electron chi connectivity index (χ3n) is 0.455. The van der Waals surface area contributed by atoms with Gasteiger partial charge in [-0.3, -0.25) is 0 Å². The molecule has 1 heterocycles. The van der Waals surface area contributed by atoms with E-state index in [1.165, 1.54) is 6.08 Å². The quantitative estimate of drug-likeness (QED) is 0.402. The Balaban J connectivity index is 2.93. The van der Waals surface area contributed by atoms with Crippen LogP contribution >= 0.6 is 11.3 Å². The van der Waals surface area contributed by atoms with Crippen LogP contribution in [0.4, 0.5) is 5.13 Å². The van der Waals surface area contributed by atoms with Crippen LogP contribution in [0.15, 0.2) is 4.99 Å². The Kier molecular flexibility index (Phi) is 1.46. The molecule has 0 atom stereocenters. The topological polar surface area (TPSA) is 55.2 Å². The number of carbonyl (C=O) groups excluding carboxylic acids is 1. The summed E-state index contributed by atoms with van der Waals surface area (Å²) < 4.78 is 0. The van der Waals surface area contributed by atoms with Crippen LogP contribution in [0.25, 0.3) is 0 Å². The highest BCUT2D eigenvalue weighted by Crippen LogP contribution is 2.09. The molecule has 0 fully saturated rings. The summed E-state index contributed by atoms with van der Waals surface area (Å²) in [7, 11) is 0. The van der Waals surface area contributed by atoms with E-state index in [0.29, 0.717) is 5.13 Å². The summed E-state index contributed by atoms with van der Waals surface area (Å²) in [6, 6.07) is 0. The number of hydrogen-bond acceptors (Lipinski definition) is 5. The SMILES string of the molecule is O=C=Nc1nn[c]s1. The monoisotopic (exact) mass is 126 g/mol. The molecule has 8 heavy (non-hydrogen) atoms. The molecular weight excluding hydrogens is 126 g/mol. The number of nitrogens with zero attached hydrogens (tertiary/aromatic N) is 3. The van der Waals surface area contributed by atoms with E-state index >= 15 is 0 Å². The fraction of sp³-hybridized carbons (Fsp3) is 0. The molecule has 0 aliphatic heterocycles. The number of hydrogen-bond donors (Lipinski definition) is 0. The Morgan fingerprint density at radius 1 is 1.88 bits per heavy atom. The highest BCUT2D eigenvalue weighted by Gasteiger charge is 1.87. The molecule has 0 aliphatic rings. The molecule has 0 bridgehead atoms. The van der Waals surface area contributed by atoms with Crippen LogP contribution in [-0.2, 0) is 4.79 Å². The van der Waals surface area contributed by atoms with Crippen molar-refractivity contribution in [2.24, 2.45) is 4.99 Å². The third kappa shape index (κ3) is 0.959. The molecule has 0 amide bonds. The summed E-state index contributed by atoms with van der Waals surface area (Å²) >= 11 is 1.07. The van der Waals surface area contributed by atoms with Crippen molar-refractivity contribution in [2.45, 2.75) is 0 Å². The predicted molar refractivity (Wildman–Crippen MR) is 26.5 cm³/mol. The van der Waals surface area contributed by atoms with Gasteiger partial charge in [0.2, 0.25) is 11.2 Å². The number of aromatic nitrogens is 2. The predicted octanol–water partition coefficient (Wildman–Crippen LogP) is 0.306. The van der Waals surface area contributed by atoms with Crippen molar-refractivity contribution in [3.63, 3.8) is 0 Å². The third-order valence-corrected chi connectivity index (χ3v) is 0.983. The average molecular weight is 126 g/mol. The van der Waals surface area contributed by atoms with Crippen molar-refractivity contribution in [2.75, 3.05) is 0 Å². The van der Waals surface area contributed by atoms with Gasteiger partial charge in [0.15, 0.2) is 5.51 Å². The second-order valence-corrected chi connectivity index (χ2v) is 1.63. The van der Waals surface area contributed by atoms with Crippen LogP contribution < -0.4 is 0 Å². The van der Waals surface area contributed by atoms with Gasteiger partial charge in [0.25, 0.3) is 0 Å². The minimum atomic E-state index is 0.292. The molecule has 0 spiro atoms. The van der Waals surface area contributed by atoms with E-state index in [1.807, 2.05) is 0 Å². The zero-order valence-electron chi connectivity index (χ0n) is 3.66. The maximum absolute atomic E-state index is 9.51. The van der Waals surface area contributed by atoms with E-state index in [2.05, 4.69) is 20.7 Å². The molecule has 5 heteroatoms. The van der Waals surface area contributed by atoms with Crippen molar-refractivity contribution >= 4 is 22.5 Å². The Hall–Kier alpha value is -1.06. The van der Waals surface area contributed by atoms with Crippen LogP contribution in [0.5, 0.6) is 0 Å². The lowest BCUT2D eigenvalue weighted by Crippen LogP contribution is -1.61. The molecule has 1 rings (SSSR count). The number of rotatable bonds is 1. The van der Waals surface area contributed by atoms with Crippen molar-refractivity contribution < 1.29 is 4.79 Å². The van der Waals surface area contributed by atoms with E-state index in [1.54, 1.807) is 0 Å². The minimum absolute atomic E-state index is 0.292.